The van der Waals surface area contributed by atoms with E-state index in [4.69, 9.17) is 4.74 Å². The Kier molecular flexibility index (Phi) is 8.61. The van der Waals surface area contributed by atoms with Gasteiger partial charge in [-0.05, 0) is 42.0 Å². The number of ketones is 2. The van der Waals surface area contributed by atoms with Crippen LogP contribution in [0.4, 0.5) is 11.4 Å². The van der Waals surface area contributed by atoms with Gasteiger partial charge in [-0.25, -0.2) is 4.68 Å². The molecule has 0 N–H and O–H groups in total. The van der Waals surface area contributed by atoms with Crippen molar-refractivity contribution in [1.29, 1.82) is 0 Å². The molecule has 2 unspecified atom stereocenters. The highest BCUT2D eigenvalue weighted by molar-refractivity contribution is 6.01. The topological polar surface area (TPSA) is 160 Å². The van der Waals surface area contributed by atoms with Crippen molar-refractivity contribution >= 4 is 22.9 Å². The molecule has 1 aromatic heterocycles. The molecule has 0 amide bonds. The Morgan fingerprint density at radius 2 is 1.36 bits per heavy atom. The number of rotatable bonds is 12. The Morgan fingerprint density at radius 1 is 0.795 bits per heavy atom. The summed E-state index contributed by atoms with van der Waals surface area (Å²) in [5.41, 5.74) is 1.97. The number of nitro benzene ring substituents is 2. The summed E-state index contributed by atoms with van der Waals surface area (Å²) in [4.78, 5) is 49.2. The predicted octanol–water partition coefficient (Wildman–Crippen LogP) is 6.25. The first-order chi connectivity index (χ1) is 21.2. The van der Waals surface area contributed by atoms with Crippen LogP contribution >= 0.6 is 0 Å². The number of carbonyl (C=O) groups is 2. The highest BCUT2D eigenvalue weighted by Crippen LogP contribution is 2.37. The maximum Gasteiger partial charge on any atom is 0.269 e. The van der Waals surface area contributed by atoms with Gasteiger partial charge in [-0.15, -0.1) is 5.10 Å². The summed E-state index contributed by atoms with van der Waals surface area (Å²) >= 11 is 0. The summed E-state index contributed by atoms with van der Waals surface area (Å²) in [6.07, 6.45) is 1.45. The van der Waals surface area contributed by atoms with E-state index in [1.807, 2.05) is 30.3 Å². The largest absolute Gasteiger partial charge is 0.497 e. The third-order valence-corrected chi connectivity index (χ3v) is 7.23. The lowest BCUT2D eigenvalue weighted by Crippen LogP contribution is -2.29. The molecule has 0 aliphatic carbocycles. The molecule has 0 fully saturated rings. The Balaban J connectivity index is 1.61. The Morgan fingerprint density at radius 3 is 1.91 bits per heavy atom. The molecule has 44 heavy (non-hydrogen) atoms. The normalized spacial score (nSPS) is 12.2. The number of hydrogen-bond acceptors (Lipinski definition) is 9. The van der Waals surface area contributed by atoms with Crippen LogP contribution in [0.5, 0.6) is 5.75 Å². The fourth-order valence-electron chi connectivity index (χ4n) is 4.91. The lowest BCUT2D eigenvalue weighted by molar-refractivity contribution is -0.385. The molecule has 0 aliphatic rings. The van der Waals surface area contributed by atoms with Crippen LogP contribution < -0.4 is 4.74 Å². The number of hydrogen-bond donors (Lipinski definition) is 0. The average molecular weight is 592 g/mol. The van der Waals surface area contributed by atoms with Gasteiger partial charge in [-0.1, -0.05) is 47.7 Å². The van der Waals surface area contributed by atoms with Crippen LogP contribution in [-0.2, 0) is 0 Å². The van der Waals surface area contributed by atoms with Gasteiger partial charge in [0.1, 0.15) is 17.5 Å². The second-order valence-electron chi connectivity index (χ2n) is 9.87. The van der Waals surface area contributed by atoms with Crippen molar-refractivity contribution in [3.8, 4) is 17.0 Å². The zero-order chi connectivity index (χ0) is 31.2. The molecule has 1 heterocycles. The van der Waals surface area contributed by atoms with Crippen molar-refractivity contribution in [3.05, 3.63) is 146 Å². The molecule has 5 aromatic rings. The van der Waals surface area contributed by atoms with Crippen molar-refractivity contribution in [2.45, 2.75) is 18.4 Å². The number of nitro groups is 2. The number of methoxy groups -OCH3 is 1. The molecule has 0 radical (unpaired) electrons. The minimum Gasteiger partial charge on any atom is -0.497 e. The number of carbonyl (C=O) groups excluding carboxylic acids is 2. The van der Waals surface area contributed by atoms with E-state index in [9.17, 15) is 29.8 Å². The standard InChI is InChI=1S/C32H25N5O7/c1-44-27-17-11-21(12-18-27)28(19-30(38)23-7-13-25(14-8-23)36(40)41)31(32(39)24-9-15-26(16-10-24)37(42)43)35-20-29(33-34-35)22-5-3-2-4-6-22/h2-18,20,28,31H,19H2,1H3. The number of nitrogens with zero attached hydrogens (tertiary/aromatic N) is 5. The van der Waals surface area contributed by atoms with E-state index in [0.717, 1.165) is 5.56 Å². The maximum atomic E-state index is 14.3. The van der Waals surface area contributed by atoms with Gasteiger partial charge >= 0.3 is 0 Å². The molecule has 0 spiro atoms. The monoisotopic (exact) mass is 591 g/mol. The van der Waals surface area contributed by atoms with Crippen LogP contribution in [0.25, 0.3) is 11.3 Å². The fourth-order valence-corrected chi connectivity index (χ4v) is 4.91. The molecule has 5 rings (SSSR count). The van der Waals surface area contributed by atoms with Crippen molar-refractivity contribution in [3.63, 3.8) is 0 Å². The van der Waals surface area contributed by atoms with E-state index in [-0.39, 0.29) is 34.7 Å². The second kappa shape index (κ2) is 12.9. The van der Waals surface area contributed by atoms with Crippen molar-refractivity contribution < 1.29 is 24.2 Å². The molecule has 220 valence electrons. The summed E-state index contributed by atoms with van der Waals surface area (Å²) in [5, 5.41) is 31.0. The average Bonchev–Trinajstić information content (AvgIpc) is 3.54. The molecule has 0 aliphatic heterocycles. The van der Waals surface area contributed by atoms with Gasteiger partial charge in [-0.2, -0.15) is 0 Å². The van der Waals surface area contributed by atoms with Gasteiger partial charge in [0, 0.05) is 53.3 Å². The lowest BCUT2D eigenvalue weighted by atomic mass is 9.82. The first kappa shape index (κ1) is 29.5. The summed E-state index contributed by atoms with van der Waals surface area (Å²) in [6, 6.07) is 25.5. The van der Waals surface area contributed by atoms with Crippen molar-refractivity contribution in [2.24, 2.45) is 0 Å². The molecule has 12 heteroatoms. The van der Waals surface area contributed by atoms with Crippen molar-refractivity contribution in [1.82, 2.24) is 15.0 Å². The number of Topliss-reactive ketones (excluding diaryl/α,β-unsaturated/α-hetero) is 2. The quantitative estimate of drug-likeness (QED) is 0.0927. The van der Waals surface area contributed by atoms with Gasteiger partial charge in [0.25, 0.3) is 11.4 Å². The smallest absolute Gasteiger partial charge is 0.269 e. The van der Waals surface area contributed by atoms with E-state index < -0.39 is 27.6 Å². The summed E-state index contributed by atoms with van der Waals surface area (Å²) < 4.78 is 6.71. The van der Waals surface area contributed by atoms with Crippen LogP contribution in [0.1, 0.15) is 44.7 Å². The SMILES string of the molecule is COc1ccc(C(CC(=O)c2ccc([N+](=O)[O-])cc2)C(C(=O)c2ccc([N+](=O)[O-])cc2)n2cc(-c3ccccc3)nn2)cc1. The Bertz CT molecular complexity index is 1800. The van der Waals surface area contributed by atoms with Crippen LogP contribution in [-0.4, -0.2) is 43.5 Å². The van der Waals surface area contributed by atoms with Crippen LogP contribution in [0, 0.1) is 20.2 Å². The first-order valence-electron chi connectivity index (χ1n) is 13.4. The number of aromatic nitrogens is 3. The van der Waals surface area contributed by atoms with Crippen molar-refractivity contribution in [2.75, 3.05) is 7.11 Å². The molecular weight excluding hydrogens is 566 g/mol. The molecule has 0 saturated heterocycles. The number of ether oxygens (including phenoxy) is 1. The second-order valence-corrected chi connectivity index (χ2v) is 9.87. The van der Waals surface area contributed by atoms with Gasteiger partial charge < -0.3 is 4.74 Å². The lowest BCUT2D eigenvalue weighted by Gasteiger charge is -2.26. The van der Waals surface area contributed by atoms with Crippen LogP contribution in [0.3, 0.4) is 0 Å². The van der Waals surface area contributed by atoms with Gasteiger partial charge in [0.05, 0.1) is 23.2 Å². The van der Waals surface area contributed by atoms with E-state index in [2.05, 4.69) is 10.3 Å². The molecule has 2 atom stereocenters. The summed E-state index contributed by atoms with van der Waals surface area (Å²) in [7, 11) is 1.52. The fraction of sp³-hybridized carbons (Fsp3) is 0.125. The first-order valence-corrected chi connectivity index (χ1v) is 13.4. The van der Waals surface area contributed by atoms with E-state index in [1.54, 1.807) is 30.5 Å². The molecule has 0 bridgehead atoms. The van der Waals surface area contributed by atoms with Crippen LogP contribution in [0.15, 0.2) is 109 Å². The van der Waals surface area contributed by atoms with Gasteiger partial charge in [0.15, 0.2) is 11.6 Å². The summed E-state index contributed by atoms with van der Waals surface area (Å²) in [6.45, 7) is 0. The van der Waals surface area contributed by atoms with E-state index in [0.29, 0.717) is 17.0 Å². The highest BCUT2D eigenvalue weighted by atomic mass is 16.6. The van der Waals surface area contributed by atoms with Gasteiger partial charge in [-0.3, -0.25) is 29.8 Å². The third kappa shape index (κ3) is 6.39. The van der Waals surface area contributed by atoms with E-state index in [1.165, 1.54) is 60.3 Å². The Hall–Kier alpha value is -6.04. The zero-order valence-corrected chi connectivity index (χ0v) is 23.3. The minimum absolute atomic E-state index is 0.157. The predicted molar refractivity (Wildman–Crippen MR) is 160 cm³/mol. The highest BCUT2D eigenvalue weighted by Gasteiger charge is 2.35. The number of benzene rings is 4. The zero-order valence-electron chi connectivity index (χ0n) is 23.3. The summed E-state index contributed by atoms with van der Waals surface area (Å²) in [5.74, 6) is -1.02. The molecule has 4 aromatic carbocycles. The third-order valence-electron chi connectivity index (χ3n) is 7.23. The number of non-ortho nitro benzene ring substituents is 2. The van der Waals surface area contributed by atoms with Gasteiger partial charge in [0.2, 0.25) is 0 Å². The molecule has 12 nitrogen and oxygen atoms in total. The molecular formula is C32H25N5O7. The Labute approximate surface area is 250 Å². The molecule has 0 saturated carbocycles. The van der Waals surface area contributed by atoms with E-state index >= 15 is 0 Å². The van der Waals surface area contributed by atoms with Crippen LogP contribution in [0.2, 0.25) is 0 Å². The minimum atomic E-state index is -1.10. The maximum absolute atomic E-state index is 14.3.